The zero-order valence-electron chi connectivity index (χ0n) is 22.9. The Labute approximate surface area is 227 Å². The van der Waals surface area contributed by atoms with E-state index in [1.807, 2.05) is 12.1 Å². The Hall–Kier alpha value is -3.38. The molecule has 0 radical (unpaired) electrons. The summed E-state index contributed by atoms with van der Waals surface area (Å²) < 4.78 is 10.1. The molecule has 1 aliphatic carbocycles. The molecule has 0 saturated heterocycles. The van der Waals surface area contributed by atoms with Gasteiger partial charge in [0.15, 0.2) is 0 Å². The van der Waals surface area contributed by atoms with Crippen molar-refractivity contribution in [3.63, 3.8) is 0 Å². The summed E-state index contributed by atoms with van der Waals surface area (Å²) >= 11 is 0. The molecule has 1 aliphatic rings. The number of carbonyl (C=O) groups excluding carboxylic acids is 2. The number of nitrogens with one attached hydrogen (secondary N) is 2. The molecule has 2 aromatic carbocycles. The minimum absolute atomic E-state index is 0.199. The predicted molar refractivity (Wildman–Crippen MR) is 155 cm³/mol. The average Bonchev–Trinajstić information content (AvgIpc) is 2.95. The highest BCUT2D eigenvalue weighted by atomic mass is 16.5. The lowest BCUT2D eigenvalue weighted by molar-refractivity contribution is -0.137. The smallest absolute Gasteiger partial charge is 0.330 e. The first kappa shape index (κ1) is 29.2. The third-order valence-electron chi connectivity index (χ3n) is 7.24. The molecule has 2 aromatic rings. The summed E-state index contributed by atoms with van der Waals surface area (Å²) in [5.74, 6) is 0.686. The van der Waals surface area contributed by atoms with E-state index in [4.69, 9.17) is 9.47 Å². The van der Waals surface area contributed by atoms with Crippen molar-refractivity contribution in [3.8, 4) is 11.1 Å². The first-order valence-electron chi connectivity index (χ1n) is 13.7. The number of amides is 1. The number of esters is 1. The molecule has 6 heteroatoms. The lowest BCUT2D eigenvalue weighted by Crippen LogP contribution is -2.16. The Bertz CT molecular complexity index is 1090. The maximum atomic E-state index is 12.3. The van der Waals surface area contributed by atoms with Crippen LogP contribution in [-0.4, -0.2) is 38.7 Å². The van der Waals surface area contributed by atoms with Gasteiger partial charge in [0.05, 0.1) is 6.61 Å². The quantitative estimate of drug-likeness (QED) is 0.158. The lowest BCUT2D eigenvalue weighted by Gasteiger charge is -2.30. The highest BCUT2D eigenvalue weighted by Crippen LogP contribution is 2.42. The summed E-state index contributed by atoms with van der Waals surface area (Å²) in [6.07, 6.45) is 10.0. The Balaban J connectivity index is 1.77. The molecule has 0 unspecified atom stereocenters. The second-order valence-electron chi connectivity index (χ2n) is 10.0. The molecule has 0 aromatic heterocycles. The van der Waals surface area contributed by atoms with Gasteiger partial charge in [-0.1, -0.05) is 57.5 Å². The summed E-state index contributed by atoms with van der Waals surface area (Å²) in [5.41, 5.74) is 5.81. The highest BCUT2D eigenvalue weighted by molar-refractivity contribution is 6.03. The van der Waals surface area contributed by atoms with Crippen LogP contribution in [0.4, 0.5) is 11.4 Å². The Morgan fingerprint density at radius 3 is 2.42 bits per heavy atom. The van der Waals surface area contributed by atoms with Gasteiger partial charge in [0, 0.05) is 36.7 Å². The van der Waals surface area contributed by atoms with Crippen molar-refractivity contribution < 1.29 is 19.1 Å². The molecule has 1 amide bonds. The normalized spacial score (nSPS) is 16.9. The Kier molecular flexibility index (Phi) is 11.6. The number of anilines is 2. The first-order valence-corrected chi connectivity index (χ1v) is 13.7. The summed E-state index contributed by atoms with van der Waals surface area (Å²) in [4.78, 5) is 23.6. The summed E-state index contributed by atoms with van der Waals surface area (Å²) in [7, 11) is 1.54. The number of unbranched alkanes of at least 4 members (excludes halogenated alkanes) is 1. The molecule has 1 saturated carbocycles. The van der Waals surface area contributed by atoms with E-state index in [1.165, 1.54) is 62.1 Å². The van der Waals surface area contributed by atoms with E-state index in [2.05, 4.69) is 61.0 Å². The van der Waals surface area contributed by atoms with Crippen LogP contribution >= 0.6 is 0 Å². The minimum Gasteiger partial charge on any atom is -0.461 e. The Morgan fingerprint density at radius 2 is 1.76 bits per heavy atom. The van der Waals surface area contributed by atoms with E-state index in [9.17, 15) is 9.59 Å². The number of ether oxygens (including phenoxy) is 2. The van der Waals surface area contributed by atoms with Crippen molar-refractivity contribution in [3.05, 3.63) is 72.8 Å². The predicted octanol–water partition coefficient (Wildman–Crippen LogP) is 7.10. The minimum atomic E-state index is -0.412. The summed E-state index contributed by atoms with van der Waals surface area (Å²) in [6, 6.07) is 14.5. The zero-order valence-corrected chi connectivity index (χ0v) is 22.9. The van der Waals surface area contributed by atoms with Crippen LogP contribution in [0.25, 0.3) is 11.1 Å². The van der Waals surface area contributed by atoms with E-state index in [1.54, 1.807) is 7.11 Å². The van der Waals surface area contributed by atoms with Crippen LogP contribution in [0.1, 0.15) is 63.4 Å². The van der Waals surface area contributed by atoms with Crippen LogP contribution in [0.15, 0.2) is 67.3 Å². The fourth-order valence-electron chi connectivity index (χ4n) is 5.13. The van der Waals surface area contributed by atoms with Crippen molar-refractivity contribution >= 4 is 23.3 Å². The number of hydrogen-bond donors (Lipinski definition) is 2. The molecule has 0 heterocycles. The van der Waals surface area contributed by atoms with Crippen molar-refractivity contribution in [1.29, 1.82) is 0 Å². The summed E-state index contributed by atoms with van der Waals surface area (Å²) in [5, 5.41) is 6.28. The van der Waals surface area contributed by atoms with Gasteiger partial charge in [-0.15, -0.1) is 0 Å². The van der Waals surface area contributed by atoms with Crippen molar-refractivity contribution in [2.75, 3.05) is 37.5 Å². The molecule has 0 atom stereocenters. The van der Waals surface area contributed by atoms with Gasteiger partial charge in [0.1, 0.15) is 6.61 Å². The van der Waals surface area contributed by atoms with Crippen LogP contribution in [0, 0.1) is 5.92 Å². The fourth-order valence-corrected chi connectivity index (χ4v) is 5.13. The molecule has 0 aliphatic heterocycles. The van der Waals surface area contributed by atoms with Crippen molar-refractivity contribution in [2.45, 2.75) is 57.8 Å². The molecule has 0 spiro atoms. The third kappa shape index (κ3) is 8.59. The number of benzene rings is 2. The van der Waals surface area contributed by atoms with Gasteiger partial charge in [-0.05, 0) is 78.5 Å². The van der Waals surface area contributed by atoms with Crippen LogP contribution in [0.5, 0.6) is 0 Å². The van der Waals surface area contributed by atoms with Crippen molar-refractivity contribution in [2.24, 2.45) is 5.92 Å². The molecule has 0 bridgehead atoms. The largest absolute Gasteiger partial charge is 0.461 e. The number of hydrogen-bond acceptors (Lipinski definition) is 5. The van der Waals surface area contributed by atoms with Crippen molar-refractivity contribution in [1.82, 2.24) is 0 Å². The SMILES string of the molecule is C=CC(=O)OCCNc1ccc(-c2ccc(NC(=O)C(=C)COC)cc2)c(C2CCC(CCCC)CC2)c1. The average molecular weight is 519 g/mol. The molecule has 204 valence electrons. The molecule has 2 N–H and O–H groups in total. The van der Waals surface area contributed by atoms with E-state index in [-0.39, 0.29) is 19.1 Å². The topological polar surface area (TPSA) is 76.7 Å². The molecule has 6 nitrogen and oxygen atoms in total. The number of methoxy groups -OCH3 is 1. The molecule has 3 rings (SSSR count). The highest BCUT2D eigenvalue weighted by Gasteiger charge is 2.24. The van der Waals surface area contributed by atoms with Gasteiger partial charge in [-0.2, -0.15) is 0 Å². The van der Waals surface area contributed by atoms with Crippen LogP contribution < -0.4 is 10.6 Å². The second kappa shape index (κ2) is 15.1. The zero-order chi connectivity index (χ0) is 27.3. The maximum absolute atomic E-state index is 12.3. The van der Waals surface area contributed by atoms with E-state index in [0.717, 1.165) is 22.9 Å². The molecule has 1 fully saturated rings. The van der Waals surface area contributed by atoms with Gasteiger partial charge in [0.2, 0.25) is 0 Å². The van der Waals surface area contributed by atoms with Crippen LogP contribution in [0.2, 0.25) is 0 Å². The van der Waals surface area contributed by atoms with Gasteiger partial charge in [0.25, 0.3) is 5.91 Å². The van der Waals surface area contributed by atoms with Gasteiger partial charge < -0.3 is 20.1 Å². The van der Waals surface area contributed by atoms with Gasteiger partial charge in [-0.25, -0.2) is 4.79 Å². The van der Waals surface area contributed by atoms with Gasteiger partial charge in [-0.3, -0.25) is 4.79 Å². The van der Waals surface area contributed by atoms with E-state index in [0.29, 0.717) is 18.0 Å². The standard InChI is InChI=1S/C32H42N2O4/c1-5-7-8-24-9-11-26(12-10-24)30-21-28(33-19-20-38-31(35)6-2)17-18-29(30)25-13-15-27(16-14-25)34-32(36)23(3)22-37-4/h6,13-18,21,24,26,33H,2-3,5,7-12,19-20,22H2,1,4H3,(H,34,36). The number of rotatable bonds is 14. The Morgan fingerprint density at radius 1 is 1.05 bits per heavy atom. The summed E-state index contributed by atoms with van der Waals surface area (Å²) in [6.45, 7) is 10.5. The molecular formula is C32H42N2O4. The lowest BCUT2D eigenvalue weighted by atomic mass is 9.75. The molecule has 38 heavy (non-hydrogen) atoms. The maximum Gasteiger partial charge on any atom is 0.330 e. The van der Waals surface area contributed by atoms with Crippen LogP contribution in [-0.2, 0) is 19.1 Å². The third-order valence-corrected chi connectivity index (χ3v) is 7.24. The van der Waals surface area contributed by atoms with E-state index >= 15 is 0 Å². The van der Waals surface area contributed by atoms with Gasteiger partial charge >= 0.3 is 5.97 Å². The fraction of sp³-hybridized carbons (Fsp3) is 0.438. The van der Waals surface area contributed by atoms with Crippen LogP contribution in [0.3, 0.4) is 0 Å². The monoisotopic (exact) mass is 518 g/mol. The molecular weight excluding hydrogens is 476 g/mol. The first-order chi connectivity index (χ1) is 18.4. The number of carbonyl (C=O) groups is 2. The second-order valence-corrected chi connectivity index (χ2v) is 10.0. The van der Waals surface area contributed by atoms with E-state index < -0.39 is 5.97 Å².